The van der Waals surface area contributed by atoms with E-state index in [1.54, 1.807) is 13.8 Å². The molecule has 0 fully saturated rings. The zero-order valence-electron chi connectivity index (χ0n) is 11.7. The van der Waals surface area contributed by atoms with Crippen molar-refractivity contribution < 1.29 is 12.8 Å². The highest BCUT2D eigenvalue weighted by atomic mass is 35.5. The maximum Gasteiger partial charge on any atom is 0.280 e. The molecule has 0 atom stereocenters. The summed E-state index contributed by atoms with van der Waals surface area (Å²) in [6.45, 7) is 3.30. The van der Waals surface area contributed by atoms with Gasteiger partial charge in [0, 0.05) is 36.3 Å². The van der Waals surface area contributed by atoms with Crippen molar-refractivity contribution in [3.8, 4) is 0 Å². The normalized spacial score (nSPS) is 12.9. The third-order valence-corrected chi connectivity index (χ3v) is 4.88. The van der Waals surface area contributed by atoms with Crippen molar-refractivity contribution in [2.24, 2.45) is 5.73 Å². The van der Waals surface area contributed by atoms with Crippen LogP contribution in [0.15, 0.2) is 18.2 Å². The minimum atomic E-state index is -3.78. The van der Waals surface area contributed by atoms with Crippen LogP contribution in [0.5, 0.6) is 0 Å². The Balaban J connectivity index is 2.93. The van der Waals surface area contributed by atoms with Crippen molar-refractivity contribution in [2.45, 2.75) is 25.9 Å². The van der Waals surface area contributed by atoms with Gasteiger partial charge in [-0.1, -0.05) is 17.7 Å². The van der Waals surface area contributed by atoms with Gasteiger partial charge in [-0.2, -0.15) is 17.4 Å². The fraction of sp³-hybridized carbons (Fsp3) is 0.500. The van der Waals surface area contributed by atoms with Crippen molar-refractivity contribution in [3.05, 3.63) is 34.6 Å². The molecule has 3 N–H and O–H groups in total. The molecule has 114 valence electrons. The number of nitrogens with two attached hydrogens (primary N) is 1. The molecule has 1 aromatic rings. The Morgan fingerprint density at radius 3 is 2.55 bits per heavy atom. The van der Waals surface area contributed by atoms with Crippen molar-refractivity contribution in [2.75, 3.05) is 13.6 Å². The second-order valence-corrected chi connectivity index (χ2v) is 7.34. The van der Waals surface area contributed by atoms with Crippen LogP contribution >= 0.6 is 11.6 Å². The minimum absolute atomic E-state index is 0.132. The average Bonchev–Trinajstić information content (AvgIpc) is 2.32. The van der Waals surface area contributed by atoms with Crippen LogP contribution in [0, 0.1) is 5.82 Å². The second kappa shape index (κ2) is 6.36. The lowest BCUT2D eigenvalue weighted by molar-refractivity contribution is 0.405. The van der Waals surface area contributed by atoms with Crippen molar-refractivity contribution >= 4 is 21.8 Å². The van der Waals surface area contributed by atoms with Crippen LogP contribution in [0.3, 0.4) is 0 Å². The van der Waals surface area contributed by atoms with Gasteiger partial charge in [0.2, 0.25) is 0 Å². The van der Waals surface area contributed by atoms with Crippen molar-refractivity contribution in [1.82, 2.24) is 9.03 Å². The number of nitrogens with zero attached hydrogens (tertiary/aromatic N) is 1. The van der Waals surface area contributed by atoms with Gasteiger partial charge in [-0.15, -0.1) is 0 Å². The van der Waals surface area contributed by atoms with E-state index in [1.807, 2.05) is 0 Å². The molecule has 5 nitrogen and oxygen atoms in total. The molecule has 0 heterocycles. The predicted octanol–water partition coefficient (Wildman–Crippen LogP) is 1.48. The first-order valence-corrected chi connectivity index (χ1v) is 7.79. The van der Waals surface area contributed by atoms with Crippen molar-refractivity contribution in [1.29, 1.82) is 0 Å². The largest absolute Gasteiger partial charge is 0.329 e. The van der Waals surface area contributed by atoms with E-state index in [4.69, 9.17) is 17.3 Å². The fourth-order valence-corrected chi connectivity index (χ4v) is 2.92. The van der Waals surface area contributed by atoms with Gasteiger partial charge in [0.05, 0.1) is 0 Å². The van der Waals surface area contributed by atoms with Crippen LogP contribution in [0.1, 0.15) is 19.4 Å². The van der Waals surface area contributed by atoms with E-state index < -0.39 is 21.6 Å². The maximum atomic E-state index is 13.7. The topological polar surface area (TPSA) is 75.4 Å². The maximum absolute atomic E-state index is 13.7. The first-order chi connectivity index (χ1) is 9.09. The molecular weight excluding hydrogens is 305 g/mol. The summed E-state index contributed by atoms with van der Waals surface area (Å²) < 4.78 is 41.4. The highest BCUT2D eigenvalue weighted by molar-refractivity contribution is 7.87. The smallest absolute Gasteiger partial charge is 0.280 e. The van der Waals surface area contributed by atoms with Crippen LogP contribution in [0.4, 0.5) is 4.39 Å². The number of nitrogens with one attached hydrogen (secondary N) is 1. The number of hydrogen-bond donors (Lipinski definition) is 2. The van der Waals surface area contributed by atoms with Crippen molar-refractivity contribution in [3.63, 3.8) is 0 Å². The Labute approximate surface area is 124 Å². The Bertz CT molecular complexity index is 558. The van der Waals surface area contributed by atoms with Crippen LogP contribution in [-0.4, -0.2) is 31.9 Å². The van der Waals surface area contributed by atoms with Gasteiger partial charge >= 0.3 is 0 Å². The Hall–Kier alpha value is -0.730. The summed E-state index contributed by atoms with van der Waals surface area (Å²) in [5.41, 5.74) is 4.83. The van der Waals surface area contributed by atoms with E-state index in [-0.39, 0.29) is 23.7 Å². The molecule has 0 saturated carbocycles. The average molecular weight is 324 g/mol. The SMILES string of the molecule is CN(Cc1c(F)cccc1Cl)S(=O)(=O)NC(C)(C)CN. The number of halogens is 2. The highest BCUT2D eigenvalue weighted by Crippen LogP contribution is 2.21. The summed E-state index contributed by atoms with van der Waals surface area (Å²) in [6.07, 6.45) is 0. The Morgan fingerprint density at radius 2 is 2.05 bits per heavy atom. The lowest BCUT2D eigenvalue weighted by atomic mass is 10.1. The van der Waals surface area contributed by atoms with Crippen LogP contribution in [0.2, 0.25) is 5.02 Å². The van der Waals surface area contributed by atoms with Gasteiger partial charge in [-0.25, -0.2) is 4.39 Å². The molecule has 0 unspecified atom stereocenters. The quantitative estimate of drug-likeness (QED) is 0.832. The molecular formula is C12H19ClFN3O2S. The van der Waals surface area contributed by atoms with Crippen LogP contribution in [0.25, 0.3) is 0 Å². The number of benzene rings is 1. The summed E-state index contributed by atoms with van der Waals surface area (Å²) in [5, 5.41) is 0.185. The van der Waals surface area contributed by atoms with E-state index in [0.29, 0.717) is 0 Å². The van der Waals surface area contributed by atoms with Gasteiger partial charge in [-0.3, -0.25) is 0 Å². The first kappa shape index (κ1) is 17.3. The van der Waals surface area contributed by atoms with E-state index in [9.17, 15) is 12.8 Å². The molecule has 0 aliphatic rings. The molecule has 0 radical (unpaired) electrons. The zero-order chi connectivity index (χ0) is 15.6. The van der Waals surface area contributed by atoms with Gasteiger partial charge in [0.25, 0.3) is 10.2 Å². The third kappa shape index (κ3) is 4.39. The van der Waals surface area contributed by atoms with Gasteiger partial charge in [-0.05, 0) is 26.0 Å². The molecule has 0 bridgehead atoms. The van der Waals surface area contributed by atoms with Gasteiger partial charge in [0.15, 0.2) is 0 Å². The molecule has 0 amide bonds. The Kier molecular flexibility index (Phi) is 5.51. The third-order valence-electron chi connectivity index (χ3n) is 2.77. The molecule has 8 heteroatoms. The van der Waals surface area contributed by atoms with E-state index in [0.717, 1.165) is 4.31 Å². The minimum Gasteiger partial charge on any atom is -0.329 e. The molecule has 0 aliphatic carbocycles. The monoisotopic (exact) mass is 323 g/mol. The summed E-state index contributed by atoms with van der Waals surface area (Å²) in [5.74, 6) is -0.544. The van der Waals surface area contributed by atoms with Crippen LogP contribution in [-0.2, 0) is 16.8 Å². The van der Waals surface area contributed by atoms with E-state index in [1.165, 1.54) is 25.2 Å². The summed E-state index contributed by atoms with van der Waals surface area (Å²) in [7, 11) is -2.44. The first-order valence-electron chi connectivity index (χ1n) is 5.97. The summed E-state index contributed by atoms with van der Waals surface area (Å²) in [6, 6.07) is 4.21. The van der Waals surface area contributed by atoms with Gasteiger partial charge in [0.1, 0.15) is 5.82 Å². The lowest BCUT2D eigenvalue weighted by Crippen LogP contribution is -2.52. The fourth-order valence-electron chi connectivity index (χ4n) is 1.46. The van der Waals surface area contributed by atoms with E-state index in [2.05, 4.69) is 4.72 Å². The zero-order valence-corrected chi connectivity index (χ0v) is 13.2. The highest BCUT2D eigenvalue weighted by Gasteiger charge is 2.27. The standard InChI is InChI=1S/C12H19ClFN3O2S/c1-12(2,8-15)16-20(18,19)17(3)7-9-10(13)5-4-6-11(9)14/h4-6,16H,7-8,15H2,1-3H3. The Morgan fingerprint density at radius 1 is 1.45 bits per heavy atom. The summed E-state index contributed by atoms with van der Waals surface area (Å²) in [4.78, 5) is 0. The van der Waals surface area contributed by atoms with E-state index >= 15 is 0 Å². The molecule has 0 saturated heterocycles. The lowest BCUT2D eigenvalue weighted by Gasteiger charge is -2.27. The van der Waals surface area contributed by atoms with Crippen LogP contribution < -0.4 is 10.5 Å². The molecule has 1 aromatic carbocycles. The molecule has 0 aromatic heterocycles. The number of rotatable bonds is 6. The predicted molar refractivity (Wildman–Crippen MR) is 78.1 cm³/mol. The number of hydrogen-bond acceptors (Lipinski definition) is 3. The molecule has 0 spiro atoms. The summed E-state index contributed by atoms with van der Waals surface area (Å²) >= 11 is 5.88. The molecule has 0 aliphatic heterocycles. The van der Waals surface area contributed by atoms with Gasteiger partial charge < -0.3 is 5.73 Å². The molecule has 1 rings (SSSR count). The second-order valence-electron chi connectivity index (χ2n) is 5.15. The molecule has 20 heavy (non-hydrogen) atoms.